The molecule has 1 heterocycles. The highest BCUT2D eigenvalue weighted by atomic mass is 16.6. The molecular weight excluding hydrogens is 280 g/mol. The van der Waals surface area contributed by atoms with E-state index in [0.29, 0.717) is 0 Å². The van der Waals surface area contributed by atoms with Crippen LogP contribution in [0.15, 0.2) is 54.6 Å². The zero-order chi connectivity index (χ0) is 15.7. The molecule has 3 rings (SSSR count). The fraction of sp³-hybridized carbons (Fsp3) is 0.235. The fourth-order valence-electron chi connectivity index (χ4n) is 3.22. The Labute approximate surface area is 128 Å². The second kappa shape index (κ2) is 5.26. The van der Waals surface area contributed by atoms with E-state index in [4.69, 9.17) is 0 Å². The Bertz CT molecular complexity index is 730. The molecular formula is C17H16N2O3. The molecule has 112 valence electrons. The first-order valence-electron chi connectivity index (χ1n) is 7.11. The maximum absolute atomic E-state index is 12.6. The second-order valence-corrected chi connectivity index (χ2v) is 5.68. The number of rotatable bonds is 4. The first-order valence-corrected chi connectivity index (χ1v) is 7.11. The summed E-state index contributed by atoms with van der Waals surface area (Å²) < 4.78 is 0. The zero-order valence-corrected chi connectivity index (χ0v) is 12.2. The predicted octanol–water partition coefficient (Wildman–Crippen LogP) is 2.96. The average Bonchev–Trinajstić information content (AvgIpc) is 2.78. The van der Waals surface area contributed by atoms with Gasteiger partial charge in [0.2, 0.25) is 12.5 Å². The van der Waals surface area contributed by atoms with Crippen molar-refractivity contribution in [1.29, 1.82) is 0 Å². The van der Waals surface area contributed by atoms with Crippen LogP contribution in [0.1, 0.15) is 24.0 Å². The Morgan fingerprint density at radius 3 is 2.45 bits per heavy atom. The number of nitrogens with one attached hydrogen (secondary N) is 1. The Kier molecular flexibility index (Phi) is 3.41. The molecule has 2 atom stereocenters. The highest BCUT2D eigenvalue weighted by Gasteiger charge is 2.50. The van der Waals surface area contributed by atoms with Crippen LogP contribution in [0.25, 0.3) is 0 Å². The maximum atomic E-state index is 12.6. The number of anilines is 1. The quantitative estimate of drug-likeness (QED) is 0.696. The van der Waals surface area contributed by atoms with Crippen molar-refractivity contribution in [3.63, 3.8) is 0 Å². The summed E-state index contributed by atoms with van der Waals surface area (Å²) in [5.41, 5.74) is 1.40. The van der Waals surface area contributed by atoms with Gasteiger partial charge in [-0.05, 0) is 24.1 Å². The van der Waals surface area contributed by atoms with Gasteiger partial charge < -0.3 is 5.32 Å². The van der Waals surface area contributed by atoms with Crippen molar-refractivity contribution in [2.45, 2.75) is 18.3 Å². The summed E-state index contributed by atoms with van der Waals surface area (Å²) in [4.78, 5) is 23.4. The van der Waals surface area contributed by atoms with E-state index in [1.165, 1.54) is 0 Å². The van der Waals surface area contributed by atoms with E-state index < -0.39 is 11.3 Å². The van der Waals surface area contributed by atoms with Gasteiger partial charge in [0, 0.05) is 10.6 Å². The molecule has 5 nitrogen and oxygen atoms in total. The summed E-state index contributed by atoms with van der Waals surface area (Å²) in [5, 5.41) is 14.0. The van der Waals surface area contributed by atoms with Gasteiger partial charge in [-0.15, -0.1) is 0 Å². The minimum Gasteiger partial charge on any atom is -0.325 e. The Morgan fingerprint density at radius 1 is 1.14 bits per heavy atom. The molecule has 0 unspecified atom stereocenters. The van der Waals surface area contributed by atoms with Gasteiger partial charge in [-0.2, -0.15) is 0 Å². The van der Waals surface area contributed by atoms with Crippen molar-refractivity contribution in [1.82, 2.24) is 0 Å². The molecule has 2 aromatic carbocycles. The van der Waals surface area contributed by atoms with Gasteiger partial charge in [0.1, 0.15) is 0 Å². The number of carbonyl (C=O) groups is 1. The number of fused-ring (bicyclic) bond motifs is 1. The predicted molar refractivity (Wildman–Crippen MR) is 83.5 cm³/mol. The molecule has 0 radical (unpaired) electrons. The van der Waals surface area contributed by atoms with E-state index in [-0.39, 0.29) is 17.4 Å². The van der Waals surface area contributed by atoms with E-state index in [1.54, 1.807) is 6.92 Å². The van der Waals surface area contributed by atoms with E-state index in [1.807, 2.05) is 54.6 Å². The summed E-state index contributed by atoms with van der Waals surface area (Å²) in [6.45, 7) is 1.50. The SMILES string of the molecule is C[C@@]1([C@H](C[N+](=O)[O-])c2ccccc2)C(=O)Nc2ccccc21. The topological polar surface area (TPSA) is 72.2 Å². The monoisotopic (exact) mass is 296 g/mol. The summed E-state index contributed by atoms with van der Waals surface area (Å²) >= 11 is 0. The number of nitrogens with zero attached hydrogens (tertiary/aromatic N) is 1. The summed E-state index contributed by atoms with van der Waals surface area (Å²) in [6.07, 6.45) is 0. The highest BCUT2D eigenvalue weighted by Crippen LogP contribution is 2.46. The van der Waals surface area contributed by atoms with Crippen molar-refractivity contribution in [2.75, 3.05) is 11.9 Å². The Hall–Kier alpha value is -2.69. The van der Waals surface area contributed by atoms with Crippen LogP contribution < -0.4 is 5.32 Å². The largest absolute Gasteiger partial charge is 0.325 e. The molecule has 0 saturated heterocycles. The summed E-state index contributed by atoms with van der Waals surface area (Å²) in [6, 6.07) is 16.6. The third kappa shape index (κ3) is 2.15. The number of hydrogen-bond donors (Lipinski definition) is 1. The Morgan fingerprint density at radius 2 is 1.77 bits per heavy atom. The molecule has 1 N–H and O–H groups in total. The lowest BCUT2D eigenvalue weighted by Crippen LogP contribution is -2.40. The molecule has 5 heteroatoms. The second-order valence-electron chi connectivity index (χ2n) is 5.68. The lowest BCUT2D eigenvalue weighted by Gasteiger charge is -2.30. The number of hydrogen-bond acceptors (Lipinski definition) is 3. The molecule has 0 saturated carbocycles. The van der Waals surface area contributed by atoms with E-state index in [9.17, 15) is 14.9 Å². The Balaban J connectivity index is 2.15. The van der Waals surface area contributed by atoms with Gasteiger partial charge in [0.25, 0.3) is 0 Å². The molecule has 0 aromatic heterocycles. The first-order chi connectivity index (χ1) is 10.5. The van der Waals surface area contributed by atoms with Gasteiger partial charge >= 0.3 is 0 Å². The number of para-hydroxylation sites is 1. The number of carbonyl (C=O) groups excluding carboxylic acids is 1. The first kappa shape index (κ1) is 14.3. The van der Waals surface area contributed by atoms with Gasteiger partial charge in [-0.1, -0.05) is 48.5 Å². The van der Waals surface area contributed by atoms with Crippen LogP contribution in [-0.4, -0.2) is 17.4 Å². The van der Waals surface area contributed by atoms with E-state index in [0.717, 1.165) is 16.8 Å². The van der Waals surface area contributed by atoms with E-state index >= 15 is 0 Å². The molecule has 0 spiro atoms. The van der Waals surface area contributed by atoms with Crippen molar-refractivity contribution >= 4 is 11.6 Å². The van der Waals surface area contributed by atoms with Crippen molar-refractivity contribution in [3.8, 4) is 0 Å². The van der Waals surface area contributed by atoms with Crippen molar-refractivity contribution in [2.24, 2.45) is 0 Å². The fourth-order valence-corrected chi connectivity index (χ4v) is 3.22. The minimum atomic E-state index is -0.953. The van der Waals surface area contributed by atoms with Crippen LogP contribution in [0.4, 0.5) is 5.69 Å². The van der Waals surface area contributed by atoms with Crippen LogP contribution in [0.2, 0.25) is 0 Å². The van der Waals surface area contributed by atoms with Crippen LogP contribution in [0.5, 0.6) is 0 Å². The van der Waals surface area contributed by atoms with Gasteiger partial charge in [-0.3, -0.25) is 14.9 Å². The van der Waals surface area contributed by atoms with Crippen molar-refractivity contribution in [3.05, 3.63) is 75.8 Å². The molecule has 0 bridgehead atoms. The van der Waals surface area contributed by atoms with E-state index in [2.05, 4.69) is 5.32 Å². The third-order valence-corrected chi connectivity index (χ3v) is 4.44. The van der Waals surface area contributed by atoms with Crippen LogP contribution in [0.3, 0.4) is 0 Å². The number of benzene rings is 2. The van der Waals surface area contributed by atoms with Crippen molar-refractivity contribution < 1.29 is 9.72 Å². The molecule has 22 heavy (non-hydrogen) atoms. The molecule has 1 aliphatic rings. The molecule has 1 aliphatic heterocycles. The lowest BCUT2D eigenvalue weighted by atomic mass is 9.69. The smallest absolute Gasteiger partial charge is 0.235 e. The van der Waals surface area contributed by atoms with Gasteiger partial charge in [-0.25, -0.2) is 0 Å². The summed E-state index contributed by atoms with van der Waals surface area (Å²) in [5.74, 6) is -0.711. The normalized spacial score (nSPS) is 21.0. The minimum absolute atomic E-state index is 0.190. The number of nitro groups is 1. The lowest BCUT2D eigenvalue weighted by molar-refractivity contribution is -0.484. The average molecular weight is 296 g/mol. The van der Waals surface area contributed by atoms with Crippen LogP contribution >= 0.6 is 0 Å². The van der Waals surface area contributed by atoms with Crippen LogP contribution in [0, 0.1) is 10.1 Å². The molecule has 2 aromatic rings. The van der Waals surface area contributed by atoms with Gasteiger partial charge in [0.05, 0.1) is 11.3 Å². The molecule has 0 fully saturated rings. The van der Waals surface area contributed by atoms with Gasteiger partial charge in [0.15, 0.2) is 0 Å². The van der Waals surface area contributed by atoms with Crippen LogP contribution in [-0.2, 0) is 10.2 Å². The summed E-state index contributed by atoms with van der Waals surface area (Å²) in [7, 11) is 0. The standard InChI is InChI=1S/C17H16N2O3/c1-17(13-9-5-6-10-15(13)18-16(17)20)14(11-19(21)22)12-7-3-2-4-8-12/h2-10,14H,11H2,1H3,(H,18,20)/t14-,17-/m1/s1. The molecule has 1 amide bonds. The maximum Gasteiger partial charge on any atom is 0.235 e. The number of amides is 1. The third-order valence-electron chi connectivity index (χ3n) is 4.44. The highest BCUT2D eigenvalue weighted by molar-refractivity contribution is 6.06. The molecule has 0 aliphatic carbocycles. The zero-order valence-electron chi connectivity index (χ0n) is 12.2.